The van der Waals surface area contributed by atoms with E-state index in [0.29, 0.717) is 17.9 Å². The molecule has 17 heavy (non-hydrogen) atoms. The van der Waals surface area contributed by atoms with Crippen molar-refractivity contribution in [2.45, 2.75) is 6.92 Å². The van der Waals surface area contributed by atoms with Crippen LogP contribution in [0.1, 0.15) is 5.56 Å². The van der Waals surface area contributed by atoms with Crippen LogP contribution in [0.4, 0.5) is 5.82 Å². The second-order valence-corrected chi connectivity index (χ2v) is 4.95. The van der Waals surface area contributed by atoms with Gasteiger partial charge < -0.3 is 5.32 Å². The Morgan fingerprint density at radius 2 is 2.29 bits per heavy atom. The van der Waals surface area contributed by atoms with Gasteiger partial charge in [0.05, 0.1) is 0 Å². The van der Waals surface area contributed by atoms with E-state index in [2.05, 4.69) is 13.9 Å². The molecule has 0 spiro atoms. The summed E-state index contributed by atoms with van der Waals surface area (Å²) in [6.45, 7) is 1.86. The van der Waals surface area contributed by atoms with E-state index >= 15 is 0 Å². The van der Waals surface area contributed by atoms with Gasteiger partial charge in [-0.1, -0.05) is 6.07 Å². The van der Waals surface area contributed by atoms with Gasteiger partial charge in [-0.05, 0) is 18.6 Å². The largest absolute Gasteiger partial charge is 0.408 e. The number of aromatic nitrogens is 1. The number of nitrogens with one attached hydrogen (secondary N) is 1. The van der Waals surface area contributed by atoms with E-state index in [-0.39, 0.29) is 5.75 Å². The fourth-order valence-electron chi connectivity index (χ4n) is 0.859. The molecule has 0 radical (unpaired) electrons. The standard InChI is InChI=1S/C8H10N2O5S2/c1-6-2-3-7(9-4-6)10-8(11)5-16-15-17(12,13)14/h2-4H,5H2,1H3,(H,9,10,11)(H,12,13,14). The summed E-state index contributed by atoms with van der Waals surface area (Å²) in [6.07, 6.45) is 1.58. The molecular weight excluding hydrogens is 268 g/mol. The summed E-state index contributed by atoms with van der Waals surface area (Å²) in [4.78, 5) is 15.2. The Labute approximate surface area is 103 Å². The minimum Gasteiger partial charge on any atom is -0.310 e. The highest BCUT2D eigenvalue weighted by Crippen LogP contribution is 2.08. The summed E-state index contributed by atoms with van der Waals surface area (Å²) >= 11 is 0.313. The molecule has 0 saturated heterocycles. The van der Waals surface area contributed by atoms with Gasteiger partial charge in [0.2, 0.25) is 5.91 Å². The Morgan fingerprint density at radius 3 is 2.82 bits per heavy atom. The van der Waals surface area contributed by atoms with Gasteiger partial charge in [-0.15, -0.1) is 0 Å². The number of hydrogen-bond acceptors (Lipinski definition) is 6. The number of rotatable bonds is 5. The Morgan fingerprint density at radius 1 is 1.59 bits per heavy atom. The minimum atomic E-state index is -4.53. The van der Waals surface area contributed by atoms with Crippen LogP contribution in [0, 0.1) is 6.92 Å². The average molecular weight is 278 g/mol. The Balaban J connectivity index is 2.37. The van der Waals surface area contributed by atoms with Crippen LogP contribution < -0.4 is 5.32 Å². The Kier molecular flexibility index (Phi) is 4.87. The zero-order valence-corrected chi connectivity index (χ0v) is 10.4. The Bertz CT molecular complexity index is 485. The first kappa shape index (κ1) is 13.9. The van der Waals surface area contributed by atoms with Crippen molar-refractivity contribution in [2.75, 3.05) is 11.1 Å². The van der Waals surface area contributed by atoms with Crippen molar-refractivity contribution in [1.29, 1.82) is 0 Å². The van der Waals surface area contributed by atoms with Crippen molar-refractivity contribution in [3.05, 3.63) is 23.9 Å². The molecule has 0 aliphatic rings. The number of anilines is 1. The van der Waals surface area contributed by atoms with Crippen LogP contribution in [-0.4, -0.2) is 29.6 Å². The van der Waals surface area contributed by atoms with Gasteiger partial charge in [-0.2, -0.15) is 12.0 Å². The van der Waals surface area contributed by atoms with E-state index < -0.39 is 16.3 Å². The SMILES string of the molecule is Cc1ccc(NC(=O)CSOS(=O)(=O)O)nc1. The maximum absolute atomic E-state index is 11.3. The predicted molar refractivity (Wildman–Crippen MR) is 62.7 cm³/mol. The lowest BCUT2D eigenvalue weighted by Gasteiger charge is -2.03. The quantitative estimate of drug-likeness (QED) is 0.606. The molecule has 94 valence electrons. The van der Waals surface area contributed by atoms with Gasteiger partial charge in [0.15, 0.2) is 0 Å². The first-order chi connectivity index (χ1) is 7.87. The predicted octanol–water partition coefficient (Wildman–Crippen LogP) is 0.796. The van der Waals surface area contributed by atoms with Crippen LogP contribution in [0.25, 0.3) is 0 Å². The molecule has 0 bridgehead atoms. The Hall–Kier alpha value is -1.16. The molecule has 1 heterocycles. The van der Waals surface area contributed by atoms with Crippen molar-refractivity contribution in [3.63, 3.8) is 0 Å². The zero-order chi connectivity index (χ0) is 12.9. The van der Waals surface area contributed by atoms with E-state index in [1.54, 1.807) is 18.3 Å². The zero-order valence-electron chi connectivity index (χ0n) is 8.78. The van der Waals surface area contributed by atoms with Gasteiger partial charge >= 0.3 is 10.4 Å². The first-order valence-corrected chi connectivity index (χ1v) is 6.65. The molecule has 0 atom stereocenters. The maximum Gasteiger partial charge on any atom is 0.408 e. The average Bonchev–Trinajstić information content (AvgIpc) is 2.19. The molecule has 1 aromatic heterocycles. The minimum absolute atomic E-state index is 0.282. The highest BCUT2D eigenvalue weighted by molar-refractivity contribution is 8.03. The molecular formula is C8H10N2O5S2. The van der Waals surface area contributed by atoms with Crippen LogP contribution in [0.5, 0.6) is 0 Å². The molecule has 0 unspecified atom stereocenters. The number of nitrogens with zero attached hydrogens (tertiary/aromatic N) is 1. The van der Waals surface area contributed by atoms with E-state index in [0.717, 1.165) is 5.56 Å². The monoisotopic (exact) mass is 278 g/mol. The lowest BCUT2D eigenvalue weighted by molar-refractivity contribution is -0.113. The van der Waals surface area contributed by atoms with Crippen LogP contribution in [-0.2, 0) is 18.8 Å². The van der Waals surface area contributed by atoms with Crippen molar-refractivity contribution in [1.82, 2.24) is 4.98 Å². The molecule has 1 amide bonds. The van der Waals surface area contributed by atoms with Gasteiger partial charge in [0, 0.05) is 18.2 Å². The smallest absolute Gasteiger partial charge is 0.310 e. The highest BCUT2D eigenvalue weighted by atomic mass is 32.3. The van der Waals surface area contributed by atoms with Gasteiger partial charge in [0.1, 0.15) is 11.6 Å². The molecule has 7 nitrogen and oxygen atoms in total. The fraction of sp³-hybridized carbons (Fsp3) is 0.250. The van der Waals surface area contributed by atoms with Crippen molar-refractivity contribution >= 4 is 34.2 Å². The normalized spacial score (nSPS) is 11.2. The first-order valence-electron chi connectivity index (χ1n) is 4.38. The lowest BCUT2D eigenvalue weighted by atomic mass is 10.3. The van der Waals surface area contributed by atoms with Gasteiger partial charge in [-0.3, -0.25) is 9.35 Å². The third-order valence-electron chi connectivity index (χ3n) is 1.50. The molecule has 0 aliphatic carbocycles. The number of amides is 1. The molecule has 0 aliphatic heterocycles. The second kappa shape index (κ2) is 5.96. The topological polar surface area (TPSA) is 106 Å². The molecule has 0 aromatic carbocycles. The number of carbonyl (C=O) groups excluding carboxylic acids is 1. The summed E-state index contributed by atoms with van der Waals surface area (Å²) in [5, 5.41) is 2.43. The molecule has 0 saturated carbocycles. The third-order valence-corrected chi connectivity index (χ3v) is 2.96. The van der Waals surface area contributed by atoms with E-state index in [9.17, 15) is 13.2 Å². The molecule has 1 rings (SSSR count). The van der Waals surface area contributed by atoms with E-state index in [1.165, 1.54) is 0 Å². The van der Waals surface area contributed by atoms with Crippen LogP contribution in [0.15, 0.2) is 18.3 Å². The van der Waals surface area contributed by atoms with Gasteiger partial charge in [0.25, 0.3) is 0 Å². The van der Waals surface area contributed by atoms with Gasteiger partial charge in [-0.25, -0.2) is 4.98 Å². The van der Waals surface area contributed by atoms with Crippen LogP contribution >= 0.6 is 12.0 Å². The third kappa shape index (κ3) is 6.22. The summed E-state index contributed by atoms with van der Waals surface area (Å²) in [5.74, 6) is -0.418. The van der Waals surface area contributed by atoms with Crippen molar-refractivity contribution in [2.24, 2.45) is 0 Å². The second-order valence-electron chi connectivity index (χ2n) is 3.03. The highest BCUT2D eigenvalue weighted by Gasteiger charge is 2.09. The lowest BCUT2D eigenvalue weighted by Crippen LogP contribution is -2.15. The fourth-order valence-corrected chi connectivity index (χ4v) is 1.72. The number of carbonyl (C=O) groups is 1. The van der Waals surface area contributed by atoms with Crippen molar-refractivity contribution in [3.8, 4) is 0 Å². The van der Waals surface area contributed by atoms with E-state index in [4.69, 9.17) is 4.55 Å². The van der Waals surface area contributed by atoms with Crippen LogP contribution in [0.3, 0.4) is 0 Å². The molecule has 1 aromatic rings. The summed E-state index contributed by atoms with van der Waals surface area (Å²) < 4.78 is 32.5. The van der Waals surface area contributed by atoms with E-state index in [1.807, 2.05) is 6.92 Å². The number of pyridine rings is 1. The maximum atomic E-state index is 11.3. The summed E-state index contributed by atoms with van der Waals surface area (Å²) in [6, 6.07) is 3.38. The summed E-state index contributed by atoms with van der Waals surface area (Å²) in [7, 11) is -4.53. The summed E-state index contributed by atoms with van der Waals surface area (Å²) in [5.41, 5.74) is 0.951. The van der Waals surface area contributed by atoms with Crippen LogP contribution in [0.2, 0.25) is 0 Å². The molecule has 9 heteroatoms. The molecule has 0 fully saturated rings. The number of hydrogen-bond donors (Lipinski definition) is 2. The number of aryl methyl sites for hydroxylation is 1. The molecule has 2 N–H and O–H groups in total. The van der Waals surface area contributed by atoms with Crippen molar-refractivity contribution < 1.29 is 21.4 Å².